The number of imidazole rings is 1. The molecule has 9 nitrogen and oxygen atoms in total. The number of benzene rings is 1. The Kier molecular flexibility index (Phi) is 5.84. The average molecular weight is 436 g/mol. The third-order valence-corrected chi connectivity index (χ3v) is 4.39. The lowest BCUT2D eigenvalue weighted by Crippen LogP contribution is -2.18. The van der Waals surface area contributed by atoms with Crippen LogP contribution in [0.1, 0.15) is 13.8 Å². The minimum atomic E-state index is -0.587. The van der Waals surface area contributed by atoms with Crippen molar-refractivity contribution >= 4 is 29.1 Å². The third kappa shape index (κ3) is 4.59. The molecule has 0 saturated heterocycles. The largest absolute Gasteiger partial charge is 0.493 e. The molecule has 0 atom stereocenters. The normalized spacial score (nSPS) is 10.9. The number of amides is 1. The van der Waals surface area contributed by atoms with Crippen LogP contribution in [0.5, 0.6) is 5.75 Å². The lowest BCUT2D eigenvalue weighted by atomic mass is 10.1. The maximum atomic E-state index is 14.6. The molecule has 0 bridgehead atoms. The summed E-state index contributed by atoms with van der Waals surface area (Å²) in [6.45, 7) is 3.51. The van der Waals surface area contributed by atoms with Gasteiger partial charge >= 0.3 is 6.09 Å². The second kappa shape index (κ2) is 8.88. The van der Waals surface area contributed by atoms with Crippen LogP contribution in [0.3, 0.4) is 0 Å². The molecule has 0 saturated carbocycles. The van der Waals surface area contributed by atoms with Crippen molar-refractivity contribution in [2.75, 3.05) is 17.7 Å². The Bertz CT molecular complexity index is 1270. The van der Waals surface area contributed by atoms with Gasteiger partial charge in [-0.05, 0) is 44.2 Å². The van der Waals surface area contributed by atoms with Crippen molar-refractivity contribution in [3.63, 3.8) is 0 Å². The zero-order valence-corrected chi connectivity index (χ0v) is 17.7. The van der Waals surface area contributed by atoms with Gasteiger partial charge in [0.15, 0.2) is 11.6 Å². The molecule has 4 rings (SSSR count). The summed E-state index contributed by atoms with van der Waals surface area (Å²) in [5.74, 6) is 0.984. The molecule has 0 radical (unpaired) electrons. The zero-order chi connectivity index (χ0) is 22.7. The highest BCUT2D eigenvalue weighted by atomic mass is 19.1. The number of hydrogen-bond acceptors (Lipinski definition) is 7. The van der Waals surface area contributed by atoms with Gasteiger partial charge < -0.3 is 14.8 Å². The zero-order valence-electron chi connectivity index (χ0n) is 17.7. The summed E-state index contributed by atoms with van der Waals surface area (Å²) in [6, 6.07) is 8.11. The second-order valence-corrected chi connectivity index (χ2v) is 7.13. The molecule has 0 aliphatic carbocycles. The van der Waals surface area contributed by atoms with Gasteiger partial charge in [0.25, 0.3) is 0 Å². The van der Waals surface area contributed by atoms with E-state index in [0.29, 0.717) is 34.4 Å². The van der Waals surface area contributed by atoms with Gasteiger partial charge in [-0.25, -0.2) is 24.1 Å². The van der Waals surface area contributed by atoms with Crippen LogP contribution >= 0.6 is 0 Å². The van der Waals surface area contributed by atoms with E-state index in [-0.39, 0.29) is 11.7 Å². The number of fused-ring (bicyclic) bond motifs is 1. The molecule has 4 aromatic rings. The molecule has 2 N–H and O–H groups in total. The van der Waals surface area contributed by atoms with E-state index in [1.54, 1.807) is 68.2 Å². The number of pyridine rings is 1. The average Bonchev–Trinajstić information content (AvgIpc) is 3.18. The van der Waals surface area contributed by atoms with Crippen LogP contribution in [0.15, 0.2) is 55.1 Å². The van der Waals surface area contributed by atoms with E-state index in [1.807, 2.05) is 0 Å². The molecule has 0 fully saturated rings. The number of anilines is 3. The number of ether oxygens (including phenoxy) is 2. The first-order chi connectivity index (χ1) is 15.4. The Labute approximate surface area is 183 Å². The van der Waals surface area contributed by atoms with Gasteiger partial charge in [-0.1, -0.05) is 0 Å². The number of hydrogen-bond donors (Lipinski definition) is 2. The first-order valence-corrected chi connectivity index (χ1v) is 9.81. The number of nitrogens with one attached hydrogen (secondary N) is 2. The molecule has 3 heterocycles. The summed E-state index contributed by atoms with van der Waals surface area (Å²) in [6.07, 6.45) is 5.50. The number of rotatable bonds is 6. The topological polar surface area (TPSA) is 103 Å². The van der Waals surface area contributed by atoms with Crippen molar-refractivity contribution in [1.82, 2.24) is 19.4 Å². The highest BCUT2D eigenvalue weighted by Gasteiger charge is 2.14. The molecule has 32 heavy (non-hydrogen) atoms. The predicted octanol–water partition coefficient (Wildman–Crippen LogP) is 4.64. The highest BCUT2D eigenvalue weighted by molar-refractivity contribution is 5.84. The fourth-order valence-corrected chi connectivity index (χ4v) is 3.03. The number of halogens is 1. The summed E-state index contributed by atoms with van der Waals surface area (Å²) in [4.78, 5) is 24.7. The molecule has 1 amide bonds. The Balaban J connectivity index is 1.62. The van der Waals surface area contributed by atoms with Crippen LogP contribution in [0.2, 0.25) is 0 Å². The van der Waals surface area contributed by atoms with Crippen LogP contribution in [-0.4, -0.2) is 38.7 Å². The number of methoxy groups -OCH3 is 1. The predicted molar refractivity (Wildman–Crippen MR) is 118 cm³/mol. The maximum Gasteiger partial charge on any atom is 0.411 e. The summed E-state index contributed by atoms with van der Waals surface area (Å²) in [5, 5.41) is 5.72. The molecule has 164 valence electrons. The molecular formula is C22H21FN6O3. The fourth-order valence-electron chi connectivity index (χ4n) is 3.03. The lowest BCUT2D eigenvalue weighted by Gasteiger charge is -2.10. The van der Waals surface area contributed by atoms with Gasteiger partial charge in [-0.3, -0.25) is 9.72 Å². The van der Waals surface area contributed by atoms with E-state index in [4.69, 9.17) is 9.47 Å². The van der Waals surface area contributed by atoms with Crippen LogP contribution in [0.4, 0.5) is 26.4 Å². The standard InChI is InChI=1S/C22H21FN6O3/c1-13(2)32-22(30)27-15-10-25-21-28-18(12-29(21)11-15)16-9-14(6-7-17(16)23)26-20-19(31-3)5-4-8-24-20/h4-13H,1-3H3,(H,24,26)(H,27,30). The molecule has 0 aliphatic heterocycles. The SMILES string of the molecule is COc1cccnc1Nc1ccc(F)c(-c2cn3cc(NC(=O)OC(C)C)cnc3n2)c1. The monoisotopic (exact) mass is 436 g/mol. The van der Waals surface area contributed by atoms with Gasteiger partial charge in [-0.2, -0.15) is 0 Å². The molecule has 1 aromatic carbocycles. The molecule has 10 heteroatoms. The fraction of sp³-hybridized carbons (Fsp3) is 0.182. The molecule has 3 aromatic heterocycles. The first-order valence-electron chi connectivity index (χ1n) is 9.81. The minimum Gasteiger partial charge on any atom is -0.493 e. The van der Waals surface area contributed by atoms with Crippen LogP contribution in [-0.2, 0) is 4.74 Å². The van der Waals surface area contributed by atoms with Gasteiger partial charge in [0.1, 0.15) is 5.82 Å². The molecule has 0 spiro atoms. The third-order valence-electron chi connectivity index (χ3n) is 4.39. The van der Waals surface area contributed by atoms with E-state index in [0.717, 1.165) is 0 Å². The van der Waals surface area contributed by atoms with Gasteiger partial charge in [0.2, 0.25) is 5.78 Å². The van der Waals surface area contributed by atoms with Crippen molar-refractivity contribution in [3.8, 4) is 17.0 Å². The summed E-state index contributed by atoms with van der Waals surface area (Å²) in [7, 11) is 1.55. The van der Waals surface area contributed by atoms with Crippen LogP contribution < -0.4 is 15.4 Å². The quantitative estimate of drug-likeness (QED) is 0.454. The van der Waals surface area contributed by atoms with Crippen molar-refractivity contribution in [2.45, 2.75) is 20.0 Å². The van der Waals surface area contributed by atoms with Gasteiger partial charge in [-0.15, -0.1) is 0 Å². The van der Waals surface area contributed by atoms with Crippen molar-refractivity contribution < 1.29 is 18.7 Å². The summed E-state index contributed by atoms with van der Waals surface area (Å²) >= 11 is 0. The first kappa shape index (κ1) is 21.0. The smallest absolute Gasteiger partial charge is 0.411 e. The van der Waals surface area contributed by atoms with Crippen LogP contribution in [0.25, 0.3) is 17.0 Å². The Hall–Kier alpha value is -4.21. The van der Waals surface area contributed by atoms with Crippen molar-refractivity contribution in [2.24, 2.45) is 0 Å². The molecule has 0 aliphatic rings. The van der Waals surface area contributed by atoms with Crippen LogP contribution in [0, 0.1) is 5.82 Å². The van der Waals surface area contributed by atoms with Gasteiger partial charge in [0.05, 0.1) is 30.8 Å². The number of nitrogens with zero attached hydrogens (tertiary/aromatic N) is 4. The summed E-state index contributed by atoms with van der Waals surface area (Å²) < 4.78 is 26.6. The lowest BCUT2D eigenvalue weighted by molar-refractivity contribution is 0.130. The minimum absolute atomic E-state index is 0.249. The number of aromatic nitrogens is 4. The van der Waals surface area contributed by atoms with E-state index >= 15 is 0 Å². The van der Waals surface area contributed by atoms with Crippen molar-refractivity contribution in [1.29, 1.82) is 0 Å². The Morgan fingerprint density at radius 1 is 1.16 bits per heavy atom. The van der Waals surface area contributed by atoms with E-state index < -0.39 is 11.9 Å². The Morgan fingerprint density at radius 2 is 2.00 bits per heavy atom. The second-order valence-electron chi connectivity index (χ2n) is 7.13. The van der Waals surface area contributed by atoms with Gasteiger partial charge in [0, 0.05) is 29.8 Å². The highest BCUT2D eigenvalue weighted by Crippen LogP contribution is 2.29. The number of carbonyl (C=O) groups excluding carboxylic acids is 1. The van der Waals surface area contributed by atoms with E-state index in [2.05, 4.69) is 25.6 Å². The molecule has 0 unspecified atom stereocenters. The molecular weight excluding hydrogens is 415 g/mol. The van der Waals surface area contributed by atoms with E-state index in [9.17, 15) is 9.18 Å². The summed E-state index contributed by atoms with van der Waals surface area (Å²) in [5.41, 5.74) is 1.70. The van der Waals surface area contributed by atoms with E-state index in [1.165, 1.54) is 12.3 Å². The number of carbonyl (C=O) groups is 1. The maximum absolute atomic E-state index is 14.6. The van der Waals surface area contributed by atoms with Crippen molar-refractivity contribution in [3.05, 3.63) is 60.9 Å². The Morgan fingerprint density at radius 3 is 2.78 bits per heavy atom.